The Labute approximate surface area is 319 Å². The van der Waals surface area contributed by atoms with Gasteiger partial charge in [-0.15, -0.1) is 0 Å². The zero-order chi connectivity index (χ0) is 38.8. The third-order valence-corrected chi connectivity index (χ3v) is 10.3. The number of fused-ring (bicyclic) bond motifs is 1. The molecule has 3 heterocycles. The number of halogens is 1. The number of amides is 6. The van der Waals surface area contributed by atoms with Crippen molar-refractivity contribution in [3.05, 3.63) is 101 Å². The highest BCUT2D eigenvalue weighted by atomic mass is 35.5. The Kier molecular flexibility index (Phi) is 11.0. The number of hydrogen-bond acceptors (Lipinski definition) is 8. The molecule has 3 aliphatic heterocycles. The molecule has 14 heteroatoms. The van der Waals surface area contributed by atoms with Gasteiger partial charge in [0.25, 0.3) is 5.91 Å². The minimum atomic E-state index is -1.35. The van der Waals surface area contributed by atoms with Crippen LogP contribution in [0.15, 0.2) is 78.9 Å². The molecule has 0 aliphatic carbocycles. The summed E-state index contributed by atoms with van der Waals surface area (Å²) in [5, 5.41) is 3.48. The van der Waals surface area contributed by atoms with Crippen molar-refractivity contribution in [2.75, 3.05) is 31.6 Å². The first kappa shape index (κ1) is 38.3. The molecule has 2 saturated heterocycles. The summed E-state index contributed by atoms with van der Waals surface area (Å²) in [6.45, 7) is 5.06. The van der Waals surface area contributed by atoms with Gasteiger partial charge < -0.3 is 19.7 Å². The van der Waals surface area contributed by atoms with Crippen molar-refractivity contribution >= 4 is 53.1 Å². The van der Waals surface area contributed by atoms with E-state index < -0.39 is 59.7 Å². The van der Waals surface area contributed by atoms with Crippen molar-refractivity contribution in [3.63, 3.8) is 0 Å². The van der Waals surface area contributed by atoms with Gasteiger partial charge in [0.2, 0.25) is 11.8 Å². The maximum atomic E-state index is 14.5. The second kappa shape index (κ2) is 15.5. The number of para-hydroxylation sites is 1. The Morgan fingerprint density at radius 1 is 0.907 bits per heavy atom. The normalized spacial score (nSPS) is 18.6. The second-order valence-corrected chi connectivity index (χ2v) is 15.2. The van der Waals surface area contributed by atoms with Crippen molar-refractivity contribution in [2.24, 2.45) is 0 Å². The fourth-order valence-electron chi connectivity index (χ4n) is 7.35. The van der Waals surface area contributed by atoms with E-state index in [1.165, 1.54) is 16.9 Å². The monoisotopic (exact) mass is 757 g/mol. The van der Waals surface area contributed by atoms with Gasteiger partial charge in [-0.05, 0) is 74.6 Å². The van der Waals surface area contributed by atoms with Gasteiger partial charge in [0.1, 0.15) is 29.8 Å². The fourth-order valence-corrected chi connectivity index (χ4v) is 7.48. The van der Waals surface area contributed by atoms with Crippen LogP contribution in [0, 0.1) is 0 Å². The molecule has 0 aromatic heterocycles. The molecule has 6 rings (SSSR count). The zero-order valence-corrected chi connectivity index (χ0v) is 31.5. The predicted molar refractivity (Wildman–Crippen MR) is 199 cm³/mol. The summed E-state index contributed by atoms with van der Waals surface area (Å²) in [7, 11) is 1.18. The zero-order valence-electron chi connectivity index (χ0n) is 30.7. The fraction of sp³-hybridized carbons (Fsp3) is 0.400. The van der Waals surface area contributed by atoms with Gasteiger partial charge in [-0.25, -0.2) is 9.59 Å². The number of nitrogens with one attached hydrogen (secondary N) is 1. The average Bonchev–Trinajstić information content (AvgIpc) is 3.34. The standard InChI is InChI=1S/C40H44ClN5O8/c1-39(2,3)54-38(52)44-24-28-11-9-8-10-27(28)23-32(44)34(48)42-31(22-26-14-16-29(41)17-15-26)35(49)43-20-18-40(19-21-43)36(50)45(25-33(47)53-4)37(51)46(40)30-12-6-5-7-13-30/h5-17,31-32H,18-25H2,1-4H3,(H,42,48). The minimum Gasteiger partial charge on any atom is -0.468 e. The van der Waals surface area contributed by atoms with E-state index >= 15 is 0 Å². The molecule has 2 atom stereocenters. The van der Waals surface area contributed by atoms with Crippen LogP contribution < -0.4 is 10.2 Å². The van der Waals surface area contributed by atoms with E-state index in [4.69, 9.17) is 21.1 Å². The molecule has 13 nitrogen and oxygen atoms in total. The van der Waals surface area contributed by atoms with E-state index in [1.54, 1.807) is 80.3 Å². The Morgan fingerprint density at radius 2 is 1.54 bits per heavy atom. The number of hydrogen-bond donors (Lipinski definition) is 1. The van der Waals surface area contributed by atoms with Crippen molar-refractivity contribution in [1.82, 2.24) is 20.0 Å². The maximum absolute atomic E-state index is 14.5. The average molecular weight is 758 g/mol. The summed E-state index contributed by atoms with van der Waals surface area (Å²) in [5.74, 6) is -2.18. The lowest BCUT2D eigenvalue weighted by atomic mass is 9.85. The molecule has 54 heavy (non-hydrogen) atoms. The lowest BCUT2D eigenvalue weighted by Gasteiger charge is -2.43. The number of methoxy groups -OCH3 is 1. The van der Waals surface area contributed by atoms with Crippen molar-refractivity contribution in [3.8, 4) is 0 Å². The number of ether oxygens (including phenoxy) is 2. The third-order valence-electron chi connectivity index (χ3n) is 10.1. The molecule has 1 spiro atoms. The van der Waals surface area contributed by atoms with Gasteiger partial charge in [0.15, 0.2) is 0 Å². The van der Waals surface area contributed by atoms with Crippen LogP contribution in [-0.2, 0) is 48.0 Å². The quantitative estimate of drug-likeness (QED) is 0.257. The molecule has 3 aromatic rings. The number of nitrogens with zero attached hydrogens (tertiary/aromatic N) is 4. The molecule has 1 N–H and O–H groups in total. The van der Waals surface area contributed by atoms with Crippen LogP contribution >= 0.6 is 11.6 Å². The van der Waals surface area contributed by atoms with Gasteiger partial charge in [-0.2, -0.15) is 0 Å². The number of urea groups is 1. The third kappa shape index (κ3) is 7.91. The number of carbonyl (C=O) groups excluding carboxylic acids is 6. The summed E-state index contributed by atoms with van der Waals surface area (Å²) in [6.07, 6.45) is -0.117. The topological polar surface area (TPSA) is 146 Å². The number of benzene rings is 3. The summed E-state index contributed by atoms with van der Waals surface area (Å²) in [4.78, 5) is 87.5. The van der Waals surface area contributed by atoms with Crippen LogP contribution in [0.1, 0.15) is 50.3 Å². The van der Waals surface area contributed by atoms with Gasteiger partial charge >= 0.3 is 18.1 Å². The molecule has 0 radical (unpaired) electrons. The van der Waals surface area contributed by atoms with E-state index in [0.717, 1.165) is 21.6 Å². The molecule has 0 bridgehead atoms. The Hall–Kier alpha value is -5.43. The molecule has 284 valence electrons. The highest BCUT2D eigenvalue weighted by molar-refractivity contribution is 6.30. The van der Waals surface area contributed by atoms with E-state index in [9.17, 15) is 28.8 Å². The lowest BCUT2D eigenvalue weighted by molar-refractivity contribution is -0.146. The first-order valence-corrected chi connectivity index (χ1v) is 18.3. The number of likely N-dealkylation sites (tertiary alicyclic amines) is 1. The first-order chi connectivity index (χ1) is 25.7. The highest BCUT2D eigenvalue weighted by Crippen LogP contribution is 2.41. The molecular formula is C40H44ClN5O8. The van der Waals surface area contributed by atoms with Crippen molar-refractivity contribution in [1.29, 1.82) is 0 Å². The van der Waals surface area contributed by atoms with E-state index in [1.807, 2.05) is 24.3 Å². The highest BCUT2D eigenvalue weighted by Gasteiger charge is 2.59. The van der Waals surface area contributed by atoms with Crippen LogP contribution in [0.2, 0.25) is 5.02 Å². The van der Waals surface area contributed by atoms with Crippen LogP contribution in [0.3, 0.4) is 0 Å². The summed E-state index contributed by atoms with van der Waals surface area (Å²) < 4.78 is 10.5. The minimum absolute atomic E-state index is 0.0844. The largest absolute Gasteiger partial charge is 0.468 e. The number of imide groups is 1. The molecule has 6 amide bonds. The molecule has 0 saturated carbocycles. The van der Waals surface area contributed by atoms with E-state index in [2.05, 4.69) is 5.32 Å². The number of piperidine rings is 1. The molecule has 3 aromatic carbocycles. The SMILES string of the molecule is COC(=O)CN1C(=O)N(c2ccccc2)C2(CCN(C(=O)C(Cc3ccc(Cl)cc3)NC(=O)C3Cc4ccccc4CN3C(=O)OC(C)(C)C)CC2)C1=O. The number of rotatable bonds is 8. The predicted octanol–water partition coefficient (Wildman–Crippen LogP) is 4.73. The summed E-state index contributed by atoms with van der Waals surface area (Å²) >= 11 is 6.16. The Bertz CT molecular complexity index is 1920. The summed E-state index contributed by atoms with van der Waals surface area (Å²) in [5.41, 5.74) is 0.902. The van der Waals surface area contributed by atoms with Crippen LogP contribution in [0.4, 0.5) is 15.3 Å². The van der Waals surface area contributed by atoms with Gasteiger partial charge in [-0.1, -0.05) is 66.2 Å². The van der Waals surface area contributed by atoms with Gasteiger partial charge in [-0.3, -0.25) is 33.9 Å². The Morgan fingerprint density at radius 3 is 2.17 bits per heavy atom. The van der Waals surface area contributed by atoms with Crippen LogP contribution in [0.25, 0.3) is 0 Å². The molecule has 2 fully saturated rings. The first-order valence-electron chi connectivity index (χ1n) is 17.9. The van der Waals surface area contributed by atoms with Crippen molar-refractivity contribution < 1.29 is 38.2 Å². The maximum Gasteiger partial charge on any atom is 0.411 e. The lowest BCUT2D eigenvalue weighted by Crippen LogP contribution is -2.61. The van der Waals surface area contributed by atoms with Crippen molar-refractivity contribution in [2.45, 2.75) is 76.2 Å². The molecule has 2 unspecified atom stereocenters. The number of esters is 1. The van der Waals surface area contributed by atoms with Crippen LogP contribution in [0.5, 0.6) is 0 Å². The summed E-state index contributed by atoms with van der Waals surface area (Å²) in [6, 6.07) is 20.6. The Balaban J connectivity index is 1.26. The van der Waals surface area contributed by atoms with Crippen LogP contribution in [-0.4, -0.2) is 100 Å². The number of anilines is 1. The second-order valence-electron chi connectivity index (χ2n) is 14.8. The van der Waals surface area contributed by atoms with Gasteiger partial charge in [0, 0.05) is 36.6 Å². The smallest absolute Gasteiger partial charge is 0.411 e. The van der Waals surface area contributed by atoms with E-state index in [0.29, 0.717) is 10.7 Å². The van der Waals surface area contributed by atoms with Gasteiger partial charge in [0.05, 0.1) is 13.7 Å². The number of carbonyl (C=O) groups is 6. The molecular weight excluding hydrogens is 714 g/mol. The molecule has 3 aliphatic rings. The van der Waals surface area contributed by atoms with E-state index in [-0.39, 0.29) is 51.2 Å².